The minimum atomic E-state index is 0.569. The van der Waals surface area contributed by atoms with Crippen molar-refractivity contribution in [2.75, 3.05) is 0 Å². The molecular weight excluding hydrogens is 138 g/mol. The van der Waals surface area contributed by atoms with E-state index in [0.717, 1.165) is 11.8 Å². The van der Waals surface area contributed by atoms with E-state index in [1.807, 2.05) is 0 Å². The molecule has 0 atom stereocenters. The van der Waals surface area contributed by atoms with Crippen molar-refractivity contribution in [3.8, 4) is 0 Å². The van der Waals surface area contributed by atoms with Crippen molar-refractivity contribution in [2.45, 2.75) is 5.03 Å². The van der Waals surface area contributed by atoms with E-state index in [1.165, 1.54) is 6.20 Å². The van der Waals surface area contributed by atoms with Gasteiger partial charge >= 0.3 is 0 Å². The van der Waals surface area contributed by atoms with Gasteiger partial charge in [0.1, 0.15) is 5.03 Å². The monoisotopic (exact) mass is 141 g/mol. The van der Waals surface area contributed by atoms with E-state index >= 15 is 0 Å². The van der Waals surface area contributed by atoms with Crippen molar-refractivity contribution in [3.63, 3.8) is 0 Å². The maximum absolute atomic E-state index is 9.85. The molecule has 0 aliphatic rings. The van der Waals surface area contributed by atoms with Crippen molar-refractivity contribution in [1.82, 2.24) is 15.4 Å². The van der Waals surface area contributed by atoms with Crippen molar-refractivity contribution in [2.24, 2.45) is 0 Å². The van der Waals surface area contributed by atoms with Gasteiger partial charge in [0.15, 0.2) is 5.62 Å². The Balaban J connectivity index is 2.72. The standard InChI is InChI=1S/C4H3N3OS/c8-3-9-4-1-2-5-7-6-4/h1-3H. The van der Waals surface area contributed by atoms with Gasteiger partial charge in [-0.2, -0.15) is 0 Å². The van der Waals surface area contributed by atoms with Gasteiger partial charge in [-0.15, -0.1) is 10.2 Å². The molecule has 0 aliphatic heterocycles. The number of aromatic nitrogens is 3. The molecule has 0 bridgehead atoms. The topological polar surface area (TPSA) is 55.7 Å². The molecule has 0 amide bonds. The van der Waals surface area contributed by atoms with Gasteiger partial charge < -0.3 is 0 Å². The van der Waals surface area contributed by atoms with Crippen LogP contribution in [0.1, 0.15) is 0 Å². The van der Waals surface area contributed by atoms with Gasteiger partial charge in [-0.25, -0.2) is 0 Å². The number of thioether (sulfide) groups is 1. The highest BCUT2D eigenvalue weighted by Crippen LogP contribution is 2.06. The molecule has 1 heterocycles. The number of carbonyl (C=O) groups is 1. The zero-order chi connectivity index (χ0) is 6.53. The van der Waals surface area contributed by atoms with Gasteiger partial charge in [0.25, 0.3) is 0 Å². The third kappa shape index (κ3) is 1.77. The second-order valence-corrected chi connectivity index (χ2v) is 2.02. The predicted octanol–water partition coefficient (Wildman–Crippen LogP) is 0.154. The first-order valence-corrected chi connectivity index (χ1v) is 3.06. The molecule has 0 spiro atoms. The smallest absolute Gasteiger partial charge is 0.182 e. The molecule has 1 rings (SSSR count). The van der Waals surface area contributed by atoms with Crippen molar-refractivity contribution in [3.05, 3.63) is 12.3 Å². The Morgan fingerprint density at radius 3 is 3.11 bits per heavy atom. The Morgan fingerprint density at radius 1 is 1.67 bits per heavy atom. The molecule has 1 aromatic heterocycles. The van der Waals surface area contributed by atoms with E-state index in [4.69, 9.17) is 0 Å². The van der Waals surface area contributed by atoms with Crippen LogP contribution in [0.2, 0.25) is 0 Å². The van der Waals surface area contributed by atoms with Crippen LogP contribution in [0, 0.1) is 0 Å². The summed E-state index contributed by atoms with van der Waals surface area (Å²) in [4.78, 5) is 9.85. The van der Waals surface area contributed by atoms with Crippen molar-refractivity contribution < 1.29 is 4.79 Å². The highest BCUT2D eigenvalue weighted by Gasteiger charge is 1.89. The first-order chi connectivity index (χ1) is 4.43. The molecule has 0 unspecified atom stereocenters. The zero-order valence-electron chi connectivity index (χ0n) is 4.39. The zero-order valence-corrected chi connectivity index (χ0v) is 5.21. The summed E-state index contributed by atoms with van der Waals surface area (Å²) in [6, 6.07) is 1.62. The molecule has 0 radical (unpaired) electrons. The fourth-order valence-electron chi connectivity index (χ4n) is 0.342. The molecule has 9 heavy (non-hydrogen) atoms. The van der Waals surface area contributed by atoms with Gasteiger partial charge in [-0.1, -0.05) is 0 Å². The van der Waals surface area contributed by atoms with E-state index in [9.17, 15) is 4.79 Å². The molecule has 5 heteroatoms. The Kier molecular flexibility index (Phi) is 2.14. The summed E-state index contributed by atoms with van der Waals surface area (Å²) in [6.07, 6.45) is 1.48. The lowest BCUT2D eigenvalue weighted by molar-refractivity contribution is 0.570. The number of nitrogens with zero attached hydrogens (tertiary/aromatic N) is 3. The maximum Gasteiger partial charge on any atom is 0.182 e. The Morgan fingerprint density at radius 2 is 2.56 bits per heavy atom. The molecule has 0 saturated carbocycles. The van der Waals surface area contributed by atoms with Crippen LogP contribution < -0.4 is 0 Å². The molecule has 0 saturated heterocycles. The van der Waals surface area contributed by atoms with Crippen molar-refractivity contribution >= 4 is 17.4 Å². The highest BCUT2D eigenvalue weighted by molar-refractivity contribution is 8.11. The van der Waals surface area contributed by atoms with Crippen LogP contribution in [0.4, 0.5) is 0 Å². The van der Waals surface area contributed by atoms with E-state index in [1.54, 1.807) is 6.07 Å². The molecule has 0 aliphatic carbocycles. The lowest BCUT2D eigenvalue weighted by Crippen LogP contribution is -1.85. The molecule has 46 valence electrons. The average Bonchev–Trinajstić information content (AvgIpc) is 1.91. The van der Waals surface area contributed by atoms with Crippen LogP contribution in [0.3, 0.4) is 0 Å². The van der Waals surface area contributed by atoms with Crippen LogP contribution >= 0.6 is 11.8 Å². The van der Waals surface area contributed by atoms with Gasteiger partial charge in [0.05, 0.1) is 6.20 Å². The lowest BCUT2D eigenvalue weighted by Gasteiger charge is -1.84. The van der Waals surface area contributed by atoms with E-state index in [-0.39, 0.29) is 0 Å². The number of hydrogen-bond donors (Lipinski definition) is 0. The van der Waals surface area contributed by atoms with E-state index < -0.39 is 0 Å². The minimum absolute atomic E-state index is 0.569. The normalized spacial score (nSPS) is 8.89. The second kappa shape index (κ2) is 3.13. The van der Waals surface area contributed by atoms with Crippen LogP contribution in [0.5, 0.6) is 0 Å². The Labute approximate surface area is 55.7 Å². The molecule has 1 aromatic rings. The lowest BCUT2D eigenvalue weighted by atomic mass is 10.7. The summed E-state index contributed by atoms with van der Waals surface area (Å²) in [5, 5.41) is 10.9. The Hall–Kier alpha value is -0.970. The minimum Gasteiger partial charge on any atom is -0.291 e. The number of rotatable bonds is 2. The second-order valence-electron chi connectivity index (χ2n) is 1.17. The van der Waals surface area contributed by atoms with E-state index in [2.05, 4.69) is 15.4 Å². The molecule has 0 aromatic carbocycles. The third-order valence-electron chi connectivity index (χ3n) is 0.648. The third-order valence-corrected chi connectivity index (χ3v) is 1.20. The van der Waals surface area contributed by atoms with Gasteiger partial charge in [0, 0.05) is 0 Å². The molecule has 0 fully saturated rings. The molecular formula is C4H3N3OS. The summed E-state index contributed by atoms with van der Waals surface area (Å²) in [5.74, 6) is 0. The van der Waals surface area contributed by atoms with Crippen molar-refractivity contribution in [1.29, 1.82) is 0 Å². The first kappa shape index (κ1) is 6.15. The van der Waals surface area contributed by atoms with Gasteiger partial charge in [0.2, 0.25) is 0 Å². The van der Waals surface area contributed by atoms with E-state index in [0.29, 0.717) is 10.6 Å². The molecule has 4 nitrogen and oxygen atoms in total. The van der Waals surface area contributed by atoms with Gasteiger partial charge in [-0.05, 0) is 23.0 Å². The quantitative estimate of drug-likeness (QED) is 0.433. The highest BCUT2D eigenvalue weighted by atomic mass is 32.2. The summed E-state index contributed by atoms with van der Waals surface area (Å²) < 4.78 is 0. The van der Waals surface area contributed by atoms with Crippen LogP contribution in [0.15, 0.2) is 17.3 Å². The summed E-state index contributed by atoms with van der Waals surface area (Å²) in [6.45, 7) is 0. The largest absolute Gasteiger partial charge is 0.291 e. The predicted molar refractivity (Wildman–Crippen MR) is 32.4 cm³/mol. The fourth-order valence-corrected chi connectivity index (χ4v) is 0.664. The summed E-state index contributed by atoms with van der Waals surface area (Å²) in [7, 11) is 0. The van der Waals surface area contributed by atoms with Gasteiger partial charge in [-0.3, -0.25) is 4.79 Å². The Bertz CT molecular complexity index is 190. The van der Waals surface area contributed by atoms with Crippen LogP contribution in [0.25, 0.3) is 0 Å². The SMILES string of the molecule is O=CSc1ccnnn1. The maximum atomic E-state index is 9.85. The summed E-state index contributed by atoms with van der Waals surface area (Å²) in [5.41, 5.74) is 0.698. The van der Waals surface area contributed by atoms with Crippen LogP contribution in [-0.4, -0.2) is 21.0 Å². The average molecular weight is 141 g/mol. The summed E-state index contributed by atoms with van der Waals surface area (Å²) >= 11 is 0.981. The first-order valence-electron chi connectivity index (χ1n) is 2.18. The fraction of sp³-hybridized carbons (Fsp3) is 0. The molecule has 0 N–H and O–H groups in total. The number of hydrogen-bond acceptors (Lipinski definition) is 5. The van der Waals surface area contributed by atoms with Crippen LogP contribution in [-0.2, 0) is 4.79 Å². The number of carbonyl (C=O) groups excluding carboxylic acids is 1.